The van der Waals surface area contributed by atoms with Gasteiger partial charge in [-0.3, -0.25) is 0 Å². The summed E-state index contributed by atoms with van der Waals surface area (Å²) >= 11 is 0. The van der Waals surface area contributed by atoms with E-state index in [1.165, 1.54) is 30.4 Å². The van der Waals surface area contributed by atoms with E-state index in [0.717, 1.165) is 0 Å². The second-order valence-electron chi connectivity index (χ2n) is 7.39. The predicted molar refractivity (Wildman–Crippen MR) is 90.3 cm³/mol. The molecule has 1 aromatic carbocycles. The topological polar surface area (TPSA) is 9.23 Å². The predicted octanol–water partition coefficient (Wildman–Crippen LogP) is 5.64. The summed E-state index contributed by atoms with van der Waals surface area (Å²) in [5.74, 6) is 0. The van der Waals surface area contributed by atoms with Crippen LogP contribution < -0.4 is 0 Å². The summed E-state index contributed by atoms with van der Waals surface area (Å²) in [4.78, 5) is 0. The van der Waals surface area contributed by atoms with Gasteiger partial charge in [0.05, 0.1) is 6.10 Å². The maximum atomic E-state index is 6.62. The van der Waals surface area contributed by atoms with Crippen LogP contribution in [0.3, 0.4) is 0 Å². The fourth-order valence-corrected chi connectivity index (χ4v) is 3.77. The number of rotatable bonds is 3. The third-order valence-corrected chi connectivity index (χ3v) is 9.23. The molecule has 1 nitrogen and oxygen atoms in total. The summed E-state index contributed by atoms with van der Waals surface area (Å²) in [6.45, 7) is 11.6. The van der Waals surface area contributed by atoms with E-state index in [-0.39, 0.29) is 5.04 Å². The Morgan fingerprint density at radius 3 is 2.40 bits per heavy atom. The second kappa shape index (κ2) is 5.86. The van der Waals surface area contributed by atoms with E-state index < -0.39 is 8.32 Å². The molecule has 1 aromatic rings. The van der Waals surface area contributed by atoms with Gasteiger partial charge in [-0.2, -0.15) is 0 Å². The van der Waals surface area contributed by atoms with Crippen LogP contribution in [0.15, 0.2) is 35.9 Å². The normalized spacial score (nSPS) is 22.4. The summed E-state index contributed by atoms with van der Waals surface area (Å²) in [5.41, 5.74) is 2.79. The second-order valence-corrected chi connectivity index (χ2v) is 12.1. The number of hydrogen-bond donors (Lipinski definition) is 0. The molecule has 20 heavy (non-hydrogen) atoms. The van der Waals surface area contributed by atoms with Crippen molar-refractivity contribution in [3.05, 3.63) is 41.5 Å². The smallest absolute Gasteiger partial charge is 0.192 e. The Labute approximate surface area is 125 Å². The lowest BCUT2D eigenvalue weighted by Gasteiger charge is -2.38. The van der Waals surface area contributed by atoms with Gasteiger partial charge in [-0.1, -0.05) is 57.2 Å². The first kappa shape index (κ1) is 15.5. The average molecular weight is 289 g/mol. The lowest BCUT2D eigenvalue weighted by Crippen LogP contribution is -2.43. The van der Waals surface area contributed by atoms with Gasteiger partial charge in [0.15, 0.2) is 8.32 Å². The SMILES string of the molecule is CC(C)(C)[Si](C)(C)OC1CCC/C1=C\c1ccccc1. The van der Waals surface area contributed by atoms with Gasteiger partial charge in [-0.05, 0) is 48.5 Å². The van der Waals surface area contributed by atoms with Crippen molar-refractivity contribution in [1.82, 2.24) is 0 Å². The maximum absolute atomic E-state index is 6.62. The highest BCUT2D eigenvalue weighted by molar-refractivity contribution is 6.74. The molecule has 0 saturated heterocycles. The van der Waals surface area contributed by atoms with Crippen molar-refractivity contribution in [3.8, 4) is 0 Å². The monoisotopic (exact) mass is 288 g/mol. The van der Waals surface area contributed by atoms with E-state index in [2.05, 4.69) is 70.3 Å². The Balaban J connectivity index is 2.14. The van der Waals surface area contributed by atoms with E-state index in [4.69, 9.17) is 4.43 Å². The first-order chi connectivity index (χ1) is 9.29. The number of hydrogen-bond acceptors (Lipinski definition) is 1. The zero-order chi connectivity index (χ0) is 14.8. The highest BCUT2D eigenvalue weighted by atomic mass is 28.4. The molecular weight excluding hydrogens is 260 g/mol. The molecule has 0 heterocycles. The molecule has 1 fully saturated rings. The van der Waals surface area contributed by atoms with Crippen LogP contribution in [0.5, 0.6) is 0 Å². The van der Waals surface area contributed by atoms with Crippen LogP contribution in [-0.4, -0.2) is 14.4 Å². The molecule has 0 amide bonds. The van der Waals surface area contributed by atoms with Crippen molar-refractivity contribution >= 4 is 14.4 Å². The van der Waals surface area contributed by atoms with Gasteiger partial charge in [0, 0.05) is 0 Å². The molecule has 0 radical (unpaired) electrons. The molecule has 0 bridgehead atoms. The molecule has 0 aliphatic heterocycles. The fraction of sp³-hybridized carbons (Fsp3) is 0.556. The highest BCUT2D eigenvalue weighted by Gasteiger charge is 2.40. The largest absolute Gasteiger partial charge is 0.410 e. The summed E-state index contributed by atoms with van der Waals surface area (Å²) in [6, 6.07) is 10.6. The maximum Gasteiger partial charge on any atom is 0.192 e. The van der Waals surface area contributed by atoms with E-state index in [1.54, 1.807) is 0 Å². The summed E-state index contributed by atoms with van der Waals surface area (Å²) < 4.78 is 6.62. The van der Waals surface area contributed by atoms with Crippen LogP contribution in [0.25, 0.3) is 6.08 Å². The fourth-order valence-electron chi connectivity index (χ4n) is 2.43. The molecule has 1 aliphatic carbocycles. The molecule has 1 atom stereocenters. The molecule has 0 N–H and O–H groups in total. The molecule has 1 aliphatic rings. The van der Waals surface area contributed by atoms with Gasteiger partial charge in [0.1, 0.15) is 0 Å². The molecule has 2 heteroatoms. The molecule has 2 rings (SSSR count). The minimum atomic E-state index is -1.67. The van der Waals surface area contributed by atoms with Crippen molar-refractivity contribution in [2.75, 3.05) is 0 Å². The standard InChI is InChI=1S/C18H28OSi/c1-18(2,3)20(4,5)19-17-13-9-12-16(17)14-15-10-7-6-8-11-15/h6-8,10-11,14,17H,9,12-13H2,1-5H3/b16-14+. The zero-order valence-corrected chi connectivity index (χ0v) is 14.6. The Morgan fingerprint density at radius 1 is 1.15 bits per heavy atom. The van der Waals surface area contributed by atoms with Gasteiger partial charge in [0.25, 0.3) is 0 Å². The number of benzene rings is 1. The van der Waals surface area contributed by atoms with Crippen LogP contribution in [0.2, 0.25) is 18.1 Å². The minimum Gasteiger partial charge on any atom is -0.410 e. The highest BCUT2D eigenvalue weighted by Crippen LogP contribution is 2.41. The molecule has 0 spiro atoms. The Morgan fingerprint density at radius 2 is 1.80 bits per heavy atom. The third kappa shape index (κ3) is 3.61. The van der Waals surface area contributed by atoms with Crippen molar-refractivity contribution in [1.29, 1.82) is 0 Å². The summed E-state index contributed by atoms with van der Waals surface area (Å²) in [6.07, 6.45) is 6.32. The van der Waals surface area contributed by atoms with Gasteiger partial charge in [0.2, 0.25) is 0 Å². The Hall–Kier alpha value is -0.863. The van der Waals surface area contributed by atoms with Crippen LogP contribution >= 0.6 is 0 Å². The molecule has 1 saturated carbocycles. The van der Waals surface area contributed by atoms with Crippen molar-refractivity contribution in [2.45, 2.75) is 64.3 Å². The Kier molecular flexibility index (Phi) is 4.55. The first-order valence-electron chi connectivity index (χ1n) is 7.73. The minimum absolute atomic E-state index is 0.285. The van der Waals surface area contributed by atoms with Gasteiger partial charge in [-0.25, -0.2) is 0 Å². The lowest BCUT2D eigenvalue weighted by molar-refractivity contribution is 0.220. The summed E-state index contributed by atoms with van der Waals surface area (Å²) in [7, 11) is -1.67. The van der Waals surface area contributed by atoms with Crippen LogP contribution in [0.4, 0.5) is 0 Å². The average Bonchev–Trinajstić information content (AvgIpc) is 2.76. The Bertz CT molecular complexity index is 468. The van der Waals surface area contributed by atoms with Gasteiger partial charge in [-0.15, -0.1) is 0 Å². The van der Waals surface area contributed by atoms with E-state index in [9.17, 15) is 0 Å². The van der Waals surface area contributed by atoms with Crippen molar-refractivity contribution in [2.24, 2.45) is 0 Å². The lowest BCUT2D eigenvalue weighted by atomic mass is 10.1. The van der Waals surface area contributed by atoms with E-state index in [0.29, 0.717) is 6.10 Å². The molecule has 110 valence electrons. The molecular formula is C18H28OSi. The molecule has 1 unspecified atom stereocenters. The van der Waals surface area contributed by atoms with Gasteiger partial charge >= 0.3 is 0 Å². The van der Waals surface area contributed by atoms with Crippen molar-refractivity contribution in [3.63, 3.8) is 0 Å². The van der Waals surface area contributed by atoms with Crippen molar-refractivity contribution < 1.29 is 4.43 Å². The van der Waals surface area contributed by atoms with Crippen LogP contribution in [-0.2, 0) is 4.43 Å². The van der Waals surface area contributed by atoms with Crippen LogP contribution in [0, 0.1) is 0 Å². The summed E-state index contributed by atoms with van der Waals surface area (Å²) in [5, 5.41) is 0.285. The zero-order valence-electron chi connectivity index (χ0n) is 13.6. The first-order valence-corrected chi connectivity index (χ1v) is 10.6. The van der Waals surface area contributed by atoms with E-state index in [1.807, 2.05) is 0 Å². The van der Waals surface area contributed by atoms with Gasteiger partial charge < -0.3 is 4.43 Å². The quantitative estimate of drug-likeness (QED) is 0.654. The van der Waals surface area contributed by atoms with E-state index >= 15 is 0 Å². The van der Waals surface area contributed by atoms with Crippen LogP contribution in [0.1, 0.15) is 45.6 Å². The third-order valence-electron chi connectivity index (χ3n) is 4.74. The molecule has 0 aromatic heterocycles.